The van der Waals surface area contributed by atoms with Gasteiger partial charge in [0.05, 0.1) is 31.5 Å². The van der Waals surface area contributed by atoms with E-state index in [1.807, 2.05) is 11.4 Å². The van der Waals surface area contributed by atoms with Gasteiger partial charge in [0.1, 0.15) is 16.6 Å². The van der Waals surface area contributed by atoms with Crippen molar-refractivity contribution in [3.05, 3.63) is 73.1 Å². The van der Waals surface area contributed by atoms with Gasteiger partial charge in [-0.25, -0.2) is 4.98 Å². The maximum Gasteiger partial charge on any atom is 0.136 e. The van der Waals surface area contributed by atoms with Gasteiger partial charge in [-0.1, -0.05) is 58.5 Å². The first kappa shape index (κ1) is 19.0. The lowest BCUT2D eigenvalue weighted by Crippen LogP contribution is -1.92. The molecule has 3 aromatic rings. The van der Waals surface area contributed by atoms with Crippen molar-refractivity contribution in [1.29, 1.82) is 5.26 Å². The minimum atomic E-state index is 0.373. The summed E-state index contributed by atoms with van der Waals surface area (Å²) >= 11 is 25.5. The molecule has 0 amide bonds. The number of hydrogen-bond donors (Lipinski definition) is 1. The lowest BCUT2D eigenvalue weighted by molar-refractivity contribution is 1.36. The Morgan fingerprint density at radius 1 is 1.08 bits per heavy atom. The highest BCUT2D eigenvalue weighted by Crippen LogP contribution is 2.32. The van der Waals surface area contributed by atoms with Crippen molar-refractivity contribution in [1.82, 2.24) is 4.98 Å². The van der Waals surface area contributed by atoms with E-state index in [1.54, 1.807) is 36.5 Å². The predicted octanol–water partition coefficient (Wildman–Crippen LogP) is 7.40. The molecule has 1 N–H and O–H groups in total. The van der Waals surface area contributed by atoms with Gasteiger partial charge in [0.2, 0.25) is 0 Å². The maximum atomic E-state index is 9.45. The van der Waals surface area contributed by atoms with E-state index in [-0.39, 0.29) is 0 Å². The third kappa shape index (κ3) is 4.15. The predicted molar refractivity (Wildman–Crippen MR) is 111 cm³/mol. The molecule has 0 saturated carbocycles. The van der Waals surface area contributed by atoms with Gasteiger partial charge < -0.3 is 5.32 Å². The molecule has 0 aliphatic carbocycles. The van der Waals surface area contributed by atoms with Gasteiger partial charge in [-0.3, -0.25) is 0 Å². The second kappa shape index (κ2) is 8.30. The minimum Gasteiger partial charge on any atom is -0.359 e. The number of nitriles is 1. The average molecular weight is 441 g/mol. The van der Waals surface area contributed by atoms with E-state index in [9.17, 15) is 5.26 Å². The van der Waals surface area contributed by atoms with Gasteiger partial charge in [-0.2, -0.15) is 5.26 Å². The van der Waals surface area contributed by atoms with Crippen LogP contribution in [0.5, 0.6) is 0 Å². The Hall–Kier alpha value is -1.74. The molecule has 0 spiro atoms. The van der Waals surface area contributed by atoms with Gasteiger partial charge in [-0.05, 0) is 24.3 Å². The quantitative estimate of drug-likeness (QED) is 0.430. The number of benzene rings is 2. The molecule has 0 aliphatic rings. The largest absolute Gasteiger partial charge is 0.359 e. The van der Waals surface area contributed by atoms with Crippen molar-refractivity contribution < 1.29 is 0 Å². The van der Waals surface area contributed by atoms with Crippen LogP contribution < -0.4 is 5.32 Å². The Labute approximate surface area is 174 Å². The first-order valence-corrected chi connectivity index (χ1v) is 9.61. The number of nitrogens with zero attached hydrogens (tertiary/aromatic N) is 2. The lowest BCUT2D eigenvalue weighted by atomic mass is 10.2. The molecule has 0 atom stereocenters. The molecular weight excluding hydrogens is 432 g/mol. The minimum absolute atomic E-state index is 0.373. The number of rotatable bonds is 4. The SMILES string of the molecule is N#C/C(=C/Nc1cccc(Cl)c1Cl)c1nc(-c2ccc(Cl)c(Cl)c2)cs1. The molecule has 2 aromatic carbocycles. The van der Waals surface area contributed by atoms with Crippen molar-refractivity contribution in [3.8, 4) is 17.3 Å². The summed E-state index contributed by atoms with van der Waals surface area (Å²) in [5, 5.41) is 16.6. The summed E-state index contributed by atoms with van der Waals surface area (Å²) in [5.74, 6) is 0. The fourth-order valence-corrected chi connectivity index (χ4v) is 3.54. The molecule has 0 unspecified atom stereocenters. The fourth-order valence-electron chi connectivity index (χ4n) is 2.09. The Morgan fingerprint density at radius 3 is 2.62 bits per heavy atom. The van der Waals surface area contributed by atoms with E-state index in [0.29, 0.717) is 42.1 Å². The third-order valence-corrected chi connectivity index (χ3v) is 5.83. The lowest BCUT2D eigenvalue weighted by Gasteiger charge is -2.05. The fraction of sp³-hybridized carbons (Fsp3) is 0. The van der Waals surface area contributed by atoms with Crippen LogP contribution in [0.2, 0.25) is 20.1 Å². The van der Waals surface area contributed by atoms with E-state index in [0.717, 1.165) is 5.56 Å². The highest BCUT2D eigenvalue weighted by Gasteiger charge is 2.11. The zero-order valence-electron chi connectivity index (χ0n) is 12.9. The van der Waals surface area contributed by atoms with Gasteiger partial charge in [0.15, 0.2) is 0 Å². The normalized spacial score (nSPS) is 11.3. The highest BCUT2D eigenvalue weighted by atomic mass is 35.5. The van der Waals surface area contributed by atoms with E-state index < -0.39 is 0 Å². The van der Waals surface area contributed by atoms with Gasteiger partial charge in [-0.15, -0.1) is 11.3 Å². The molecular formula is C18H9Cl4N3S. The number of anilines is 1. The van der Waals surface area contributed by atoms with Crippen LogP contribution in [0.4, 0.5) is 5.69 Å². The van der Waals surface area contributed by atoms with Crippen molar-refractivity contribution in [2.75, 3.05) is 5.32 Å². The summed E-state index contributed by atoms with van der Waals surface area (Å²) in [4.78, 5) is 4.50. The molecule has 0 saturated heterocycles. The van der Waals surface area contributed by atoms with E-state index >= 15 is 0 Å². The van der Waals surface area contributed by atoms with Crippen molar-refractivity contribution in [2.24, 2.45) is 0 Å². The maximum absolute atomic E-state index is 9.45. The molecule has 8 heteroatoms. The summed E-state index contributed by atoms with van der Waals surface area (Å²) in [6, 6.07) is 12.6. The van der Waals surface area contributed by atoms with Crippen LogP contribution in [-0.2, 0) is 0 Å². The summed E-state index contributed by atoms with van der Waals surface area (Å²) in [7, 11) is 0. The van der Waals surface area contributed by atoms with Crippen LogP contribution in [0.25, 0.3) is 16.8 Å². The van der Waals surface area contributed by atoms with Gasteiger partial charge >= 0.3 is 0 Å². The van der Waals surface area contributed by atoms with Crippen LogP contribution in [-0.4, -0.2) is 4.98 Å². The summed E-state index contributed by atoms with van der Waals surface area (Å²) < 4.78 is 0. The average Bonchev–Trinajstić information content (AvgIpc) is 3.11. The van der Waals surface area contributed by atoms with Crippen LogP contribution in [0.3, 0.4) is 0 Å². The molecule has 3 nitrogen and oxygen atoms in total. The molecule has 0 fully saturated rings. The van der Waals surface area contributed by atoms with Crippen LogP contribution in [0.1, 0.15) is 5.01 Å². The van der Waals surface area contributed by atoms with E-state index in [2.05, 4.69) is 16.4 Å². The first-order valence-electron chi connectivity index (χ1n) is 7.21. The Bertz CT molecular complexity index is 1040. The Morgan fingerprint density at radius 2 is 1.88 bits per heavy atom. The second-order valence-electron chi connectivity index (χ2n) is 5.08. The molecule has 0 aliphatic heterocycles. The molecule has 130 valence electrons. The van der Waals surface area contributed by atoms with Gasteiger partial charge in [0, 0.05) is 17.1 Å². The molecule has 0 radical (unpaired) electrons. The molecule has 3 rings (SSSR count). The smallest absolute Gasteiger partial charge is 0.136 e. The van der Waals surface area contributed by atoms with Crippen molar-refractivity contribution in [3.63, 3.8) is 0 Å². The van der Waals surface area contributed by atoms with Crippen LogP contribution in [0, 0.1) is 11.3 Å². The van der Waals surface area contributed by atoms with Crippen LogP contribution >= 0.6 is 57.7 Å². The second-order valence-corrected chi connectivity index (χ2v) is 7.54. The van der Waals surface area contributed by atoms with E-state index in [4.69, 9.17) is 46.4 Å². The number of aromatic nitrogens is 1. The van der Waals surface area contributed by atoms with Crippen molar-refractivity contribution >= 4 is 69.0 Å². The monoisotopic (exact) mass is 439 g/mol. The number of allylic oxidation sites excluding steroid dienone is 1. The number of hydrogen-bond acceptors (Lipinski definition) is 4. The Kier molecular flexibility index (Phi) is 6.08. The summed E-state index contributed by atoms with van der Waals surface area (Å²) in [5.41, 5.74) is 2.51. The third-order valence-electron chi connectivity index (χ3n) is 3.39. The zero-order valence-corrected chi connectivity index (χ0v) is 16.8. The van der Waals surface area contributed by atoms with Crippen molar-refractivity contribution in [2.45, 2.75) is 0 Å². The molecule has 1 aromatic heterocycles. The number of nitrogens with one attached hydrogen (secondary N) is 1. The standard InChI is InChI=1S/C18H9Cl4N3S/c19-12-5-4-10(6-14(12)21)16-9-26-18(25-16)11(7-23)8-24-15-3-1-2-13(20)17(15)22/h1-6,8-9,24H/b11-8-. The first-order chi connectivity index (χ1) is 12.5. The molecule has 0 bridgehead atoms. The topological polar surface area (TPSA) is 48.7 Å². The van der Waals surface area contributed by atoms with Gasteiger partial charge in [0.25, 0.3) is 0 Å². The highest BCUT2D eigenvalue weighted by molar-refractivity contribution is 7.11. The summed E-state index contributed by atoms with van der Waals surface area (Å²) in [6.45, 7) is 0. The molecule has 26 heavy (non-hydrogen) atoms. The number of halogens is 4. The van der Waals surface area contributed by atoms with E-state index in [1.165, 1.54) is 11.3 Å². The molecule has 1 heterocycles. The van der Waals surface area contributed by atoms with Crippen LogP contribution in [0.15, 0.2) is 48.0 Å². The zero-order chi connectivity index (χ0) is 18.7. The Balaban J connectivity index is 1.87. The summed E-state index contributed by atoms with van der Waals surface area (Å²) in [6.07, 6.45) is 1.55. The number of thiazole rings is 1.